The molecule has 0 aliphatic rings. The summed E-state index contributed by atoms with van der Waals surface area (Å²) in [6.07, 6.45) is 2.40. The molecule has 2 aromatic rings. The lowest BCUT2D eigenvalue weighted by atomic mass is 10.1. The number of amides is 1. The van der Waals surface area contributed by atoms with Crippen molar-refractivity contribution in [2.45, 2.75) is 39.3 Å². The van der Waals surface area contributed by atoms with Gasteiger partial charge in [0.05, 0.1) is 19.4 Å². The van der Waals surface area contributed by atoms with Crippen molar-refractivity contribution in [3.05, 3.63) is 60.1 Å². The Bertz CT molecular complexity index is 688. The highest BCUT2D eigenvalue weighted by molar-refractivity contribution is 5.86. The van der Waals surface area contributed by atoms with Gasteiger partial charge in [-0.05, 0) is 38.5 Å². The molecule has 6 heteroatoms. The first kappa shape index (κ1) is 19.6. The Morgan fingerprint density at radius 2 is 1.85 bits per heavy atom. The van der Waals surface area contributed by atoms with E-state index in [1.165, 1.54) is 0 Å². The molecule has 0 aliphatic carbocycles. The molecule has 0 unspecified atom stereocenters. The van der Waals surface area contributed by atoms with E-state index in [2.05, 4.69) is 20.9 Å². The zero-order valence-corrected chi connectivity index (χ0v) is 15.7. The smallest absolute Gasteiger partial charge is 0.239 e. The highest BCUT2D eigenvalue weighted by atomic mass is 16.3. The molecule has 26 heavy (non-hydrogen) atoms. The molecule has 1 amide bonds. The predicted octanol–water partition coefficient (Wildman–Crippen LogP) is 2.47. The van der Waals surface area contributed by atoms with Crippen molar-refractivity contribution in [2.24, 2.45) is 4.99 Å². The molecular formula is C20H28N4O2. The molecule has 140 valence electrons. The Balaban J connectivity index is 1.90. The molecule has 2 rings (SSSR count). The summed E-state index contributed by atoms with van der Waals surface area (Å²) in [5, 5.41) is 9.26. The van der Waals surface area contributed by atoms with Crippen molar-refractivity contribution in [1.29, 1.82) is 0 Å². The minimum atomic E-state index is -0.257. The van der Waals surface area contributed by atoms with Crippen LogP contribution in [0.4, 0.5) is 0 Å². The number of rotatable bonds is 7. The molecule has 0 fully saturated rings. The standard InChI is InChI=1S/C20H28N4O2/c1-20(2,3)24-18(25)15-23-19(21-12-11-17-10-7-13-26-17)22-14-16-8-5-4-6-9-16/h4-10,13H,11-12,14-15H2,1-3H3,(H,24,25)(H2,21,22,23). The van der Waals surface area contributed by atoms with E-state index in [0.717, 1.165) is 17.7 Å². The third-order valence-corrected chi connectivity index (χ3v) is 3.44. The van der Waals surface area contributed by atoms with E-state index in [4.69, 9.17) is 4.42 Å². The van der Waals surface area contributed by atoms with E-state index in [1.54, 1.807) is 6.26 Å². The fourth-order valence-corrected chi connectivity index (χ4v) is 2.31. The van der Waals surface area contributed by atoms with Crippen LogP contribution >= 0.6 is 0 Å². The molecule has 0 spiro atoms. The van der Waals surface area contributed by atoms with Crippen molar-refractivity contribution in [1.82, 2.24) is 16.0 Å². The van der Waals surface area contributed by atoms with Crippen LogP contribution in [0, 0.1) is 0 Å². The van der Waals surface area contributed by atoms with Crippen LogP contribution < -0.4 is 16.0 Å². The maximum Gasteiger partial charge on any atom is 0.239 e. The summed E-state index contributed by atoms with van der Waals surface area (Å²) in [6.45, 7) is 7.23. The van der Waals surface area contributed by atoms with Gasteiger partial charge in [0, 0.05) is 18.5 Å². The van der Waals surface area contributed by atoms with E-state index in [0.29, 0.717) is 19.0 Å². The van der Waals surface area contributed by atoms with Crippen LogP contribution in [-0.4, -0.2) is 30.5 Å². The quantitative estimate of drug-likeness (QED) is 0.526. The molecule has 1 aromatic heterocycles. The van der Waals surface area contributed by atoms with Crippen molar-refractivity contribution in [3.8, 4) is 0 Å². The molecule has 0 radical (unpaired) electrons. The van der Waals surface area contributed by atoms with Gasteiger partial charge < -0.3 is 20.4 Å². The second-order valence-corrected chi connectivity index (χ2v) is 7.06. The number of aliphatic imine (C=N–C) groups is 1. The number of guanidine groups is 1. The number of furan rings is 1. The summed E-state index contributed by atoms with van der Waals surface area (Å²) in [7, 11) is 0. The van der Waals surface area contributed by atoms with Crippen molar-refractivity contribution >= 4 is 11.9 Å². The largest absolute Gasteiger partial charge is 0.469 e. The average Bonchev–Trinajstić information content (AvgIpc) is 3.09. The number of carbonyl (C=O) groups excluding carboxylic acids is 1. The number of carbonyl (C=O) groups is 1. The molecule has 0 bridgehead atoms. The van der Waals surface area contributed by atoms with Gasteiger partial charge in [0.15, 0.2) is 5.96 Å². The number of hydrogen-bond donors (Lipinski definition) is 3. The summed E-state index contributed by atoms with van der Waals surface area (Å²) in [4.78, 5) is 16.6. The first-order valence-electron chi connectivity index (χ1n) is 8.82. The lowest BCUT2D eigenvalue weighted by Crippen LogP contribution is -2.48. The van der Waals surface area contributed by atoms with Gasteiger partial charge in [-0.15, -0.1) is 0 Å². The molecule has 1 heterocycles. The monoisotopic (exact) mass is 356 g/mol. The molecule has 3 N–H and O–H groups in total. The maximum absolute atomic E-state index is 12.0. The fourth-order valence-electron chi connectivity index (χ4n) is 2.31. The average molecular weight is 356 g/mol. The lowest BCUT2D eigenvalue weighted by Gasteiger charge is -2.21. The first-order chi connectivity index (χ1) is 12.4. The number of benzene rings is 1. The second kappa shape index (κ2) is 9.65. The molecule has 0 aliphatic heterocycles. The van der Waals surface area contributed by atoms with E-state index in [-0.39, 0.29) is 18.0 Å². The van der Waals surface area contributed by atoms with Crippen LogP contribution in [0.3, 0.4) is 0 Å². The van der Waals surface area contributed by atoms with Gasteiger partial charge in [0.25, 0.3) is 0 Å². The second-order valence-electron chi connectivity index (χ2n) is 7.06. The third-order valence-electron chi connectivity index (χ3n) is 3.44. The number of nitrogens with one attached hydrogen (secondary N) is 3. The summed E-state index contributed by atoms with van der Waals surface area (Å²) in [6, 6.07) is 13.8. The molecule has 0 atom stereocenters. The van der Waals surface area contributed by atoms with Gasteiger partial charge in [-0.1, -0.05) is 30.3 Å². The van der Waals surface area contributed by atoms with E-state index < -0.39 is 0 Å². The van der Waals surface area contributed by atoms with E-state index >= 15 is 0 Å². The van der Waals surface area contributed by atoms with Crippen LogP contribution in [0.1, 0.15) is 32.1 Å². The van der Waals surface area contributed by atoms with Crippen molar-refractivity contribution < 1.29 is 9.21 Å². The van der Waals surface area contributed by atoms with Crippen molar-refractivity contribution in [2.75, 3.05) is 13.1 Å². The van der Waals surface area contributed by atoms with E-state index in [1.807, 2.05) is 63.2 Å². The van der Waals surface area contributed by atoms with Crippen LogP contribution in [0.2, 0.25) is 0 Å². The van der Waals surface area contributed by atoms with Gasteiger partial charge in [0.1, 0.15) is 5.76 Å². The Hall–Kier alpha value is -2.76. The summed E-state index contributed by atoms with van der Waals surface area (Å²) in [5.41, 5.74) is 0.853. The summed E-state index contributed by atoms with van der Waals surface area (Å²) >= 11 is 0. The highest BCUT2D eigenvalue weighted by Gasteiger charge is 2.13. The molecule has 0 saturated carbocycles. The molecular weight excluding hydrogens is 328 g/mol. The first-order valence-corrected chi connectivity index (χ1v) is 8.82. The fraction of sp³-hybridized carbons (Fsp3) is 0.400. The summed E-state index contributed by atoms with van der Waals surface area (Å²) in [5.74, 6) is 1.44. The Kier molecular flexibility index (Phi) is 7.26. The SMILES string of the molecule is CC(C)(C)NC(=O)CNC(=NCc1ccccc1)NCCc1ccco1. The van der Waals surface area contributed by atoms with E-state index in [9.17, 15) is 4.79 Å². The van der Waals surface area contributed by atoms with Gasteiger partial charge in [-0.3, -0.25) is 4.79 Å². The zero-order valence-electron chi connectivity index (χ0n) is 15.7. The molecule has 6 nitrogen and oxygen atoms in total. The van der Waals surface area contributed by atoms with Gasteiger partial charge in [0.2, 0.25) is 5.91 Å². The number of nitrogens with zero attached hydrogens (tertiary/aromatic N) is 1. The minimum absolute atomic E-state index is 0.0715. The topological polar surface area (TPSA) is 78.7 Å². The summed E-state index contributed by atoms with van der Waals surface area (Å²) < 4.78 is 5.33. The Morgan fingerprint density at radius 3 is 2.50 bits per heavy atom. The van der Waals surface area contributed by atoms with Crippen LogP contribution in [-0.2, 0) is 17.8 Å². The normalized spacial score (nSPS) is 11.9. The van der Waals surface area contributed by atoms with Crippen LogP contribution in [0.5, 0.6) is 0 Å². The van der Waals surface area contributed by atoms with Crippen LogP contribution in [0.25, 0.3) is 0 Å². The minimum Gasteiger partial charge on any atom is -0.469 e. The van der Waals surface area contributed by atoms with Gasteiger partial charge >= 0.3 is 0 Å². The maximum atomic E-state index is 12.0. The lowest BCUT2D eigenvalue weighted by molar-refractivity contribution is -0.121. The predicted molar refractivity (Wildman–Crippen MR) is 104 cm³/mol. The Labute approximate surface area is 155 Å². The molecule has 0 saturated heterocycles. The zero-order chi connectivity index (χ0) is 18.8. The van der Waals surface area contributed by atoms with Gasteiger partial charge in [-0.25, -0.2) is 4.99 Å². The van der Waals surface area contributed by atoms with Gasteiger partial charge in [-0.2, -0.15) is 0 Å². The molecule has 1 aromatic carbocycles. The van der Waals surface area contributed by atoms with Crippen LogP contribution in [0.15, 0.2) is 58.1 Å². The Morgan fingerprint density at radius 1 is 1.08 bits per heavy atom. The number of hydrogen-bond acceptors (Lipinski definition) is 3. The van der Waals surface area contributed by atoms with Crippen molar-refractivity contribution in [3.63, 3.8) is 0 Å². The third kappa shape index (κ3) is 7.88. The highest BCUT2D eigenvalue weighted by Crippen LogP contribution is 2.01.